The van der Waals surface area contributed by atoms with Gasteiger partial charge >= 0.3 is 0 Å². The molecule has 5 unspecified atom stereocenters. The van der Waals surface area contributed by atoms with Gasteiger partial charge in [-0.25, -0.2) is 0 Å². The van der Waals surface area contributed by atoms with Crippen molar-refractivity contribution in [2.75, 3.05) is 6.61 Å². The summed E-state index contributed by atoms with van der Waals surface area (Å²) in [6.45, 7) is 5.15. The van der Waals surface area contributed by atoms with Gasteiger partial charge in [-0.1, -0.05) is 109 Å². The van der Waals surface area contributed by atoms with E-state index in [0.29, 0.717) is 13.2 Å². The average molecular weight is 503 g/mol. The molecule has 1 heterocycles. The second-order valence-electron chi connectivity index (χ2n) is 7.69. The minimum atomic E-state index is -2.03. The van der Waals surface area contributed by atoms with Crippen LogP contribution in [0.5, 0.6) is 0 Å². The maximum absolute atomic E-state index is 12.4. The van der Waals surface area contributed by atoms with E-state index in [9.17, 15) is 4.79 Å². The number of carbonyl (C=O) groups is 1. The lowest BCUT2D eigenvalue weighted by molar-refractivity contribution is -0.133. The van der Waals surface area contributed by atoms with Gasteiger partial charge in [0.15, 0.2) is 0 Å². The predicted molar refractivity (Wildman–Crippen MR) is 128 cm³/mol. The smallest absolute Gasteiger partial charge is 0.272 e. The van der Waals surface area contributed by atoms with Gasteiger partial charge in [-0.2, -0.15) is 0 Å². The van der Waals surface area contributed by atoms with Crippen LogP contribution < -0.4 is 5.32 Å². The van der Waals surface area contributed by atoms with Crippen molar-refractivity contribution in [3.05, 3.63) is 66.2 Å². The lowest BCUT2D eigenvalue weighted by Gasteiger charge is -2.45. The van der Waals surface area contributed by atoms with E-state index >= 15 is 0 Å². The number of benzene rings is 2. The Morgan fingerprint density at radius 3 is 2.26 bits per heavy atom. The Balaban J connectivity index is 1.71. The Morgan fingerprint density at radius 1 is 1.03 bits per heavy atom. The maximum atomic E-state index is 12.4. The molecule has 3 rings (SSSR count). The molecule has 1 aliphatic rings. The first-order chi connectivity index (χ1) is 14.8. The van der Waals surface area contributed by atoms with Crippen molar-refractivity contribution in [2.24, 2.45) is 11.8 Å². The normalized spacial score (nSPS) is 26.4. The zero-order valence-corrected chi connectivity index (χ0v) is 20.4. The van der Waals surface area contributed by atoms with Crippen molar-refractivity contribution < 1.29 is 14.3 Å². The summed E-state index contributed by atoms with van der Waals surface area (Å²) in [6.07, 6.45) is -0.124. The molecule has 31 heavy (non-hydrogen) atoms. The topological polar surface area (TPSA) is 47.6 Å². The fourth-order valence-corrected chi connectivity index (χ4v) is 4.93. The zero-order chi connectivity index (χ0) is 22.4. The highest BCUT2D eigenvalue weighted by molar-refractivity contribution is 7.99. The van der Waals surface area contributed by atoms with Crippen LogP contribution in [0.1, 0.15) is 19.4 Å². The summed E-state index contributed by atoms with van der Waals surface area (Å²) in [6, 6.07) is 19.6. The predicted octanol–water partition coefficient (Wildman–Crippen LogP) is 5.85. The summed E-state index contributed by atoms with van der Waals surface area (Å²) in [5.74, 6) is -0.441. The number of nitrogens with one attached hydrogen (secondary N) is 1. The molecule has 0 saturated carbocycles. The van der Waals surface area contributed by atoms with E-state index in [4.69, 9.17) is 44.3 Å². The Hall–Kier alpha value is -0.950. The van der Waals surface area contributed by atoms with Gasteiger partial charge in [-0.3, -0.25) is 4.79 Å². The molecule has 2 aromatic carbocycles. The molecular weight excluding hydrogens is 477 g/mol. The zero-order valence-electron chi connectivity index (χ0n) is 17.3. The van der Waals surface area contributed by atoms with Gasteiger partial charge in [-0.15, -0.1) is 0 Å². The Kier molecular flexibility index (Phi) is 8.97. The third-order valence-corrected chi connectivity index (χ3v) is 7.22. The van der Waals surface area contributed by atoms with Gasteiger partial charge in [0.1, 0.15) is 5.44 Å². The molecule has 1 aliphatic heterocycles. The SMILES string of the molecule is CC1C(COCc2ccccc2)OC(Sc2ccccc2)C(NC(=O)C(Cl)(Cl)Cl)C1C. The van der Waals surface area contributed by atoms with Crippen LogP contribution in [0.15, 0.2) is 65.6 Å². The van der Waals surface area contributed by atoms with E-state index < -0.39 is 9.70 Å². The van der Waals surface area contributed by atoms with E-state index in [2.05, 4.69) is 19.2 Å². The van der Waals surface area contributed by atoms with Crippen LogP contribution in [-0.2, 0) is 20.9 Å². The molecule has 5 atom stereocenters. The van der Waals surface area contributed by atoms with E-state index in [0.717, 1.165) is 10.5 Å². The molecule has 168 valence electrons. The molecular formula is C23H26Cl3NO3S. The highest BCUT2D eigenvalue weighted by Crippen LogP contribution is 2.39. The van der Waals surface area contributed by atoms with Crippen LogP contribution in [0.4, 0.5) is 0 Å². The molecule has 1 N–H and O–H groups in total. The molecule has 0 aromatic heterocycles. The van der Waals surface area contributed by atoms with E-state index in [1.807, 2.05) is 60.7 Å². The number of ether oxygens (including phenoxy) is 2. The Morgan fingerprint density at radius 2 is 1.65 bits per heavy atom. The molecule has 2 aromatic rings. The highest BCUT2D eigenvalue weighted by Gasteiger charge is 2.44. The molecule has 0 bridgehead atoms. The molecule has 0 spiro atoms. The van der Waals surface area contributed by atoms with Crippen LogP contribution in [-0.4, -0.2) is 33.9 Å². The summed E-state index contributed by atoms with van der Waals surface area (Å²) in [5, 5.41) is 2.89. The fourth-order valence-electron chi connectivity index (χ4n) is 3.52. The first-order valence-corrected chi connectivity index (χ1v) is 12.1. The quantitative estimate of drug-likeness (QED) is 0.483. The van der Waals surface area contributed by atoms with Crippen LogP contribution in [0.3, 0.4) is 0 Å². The van der Waals surface area contributed by atoms with Crippen molar-refractivity contribution in [3.63, 3.8) is 0 Å². The van der Waals surface area contributed by atoms with E-state index in [1.54, 1.807) is 11.8 Å². The lowest BCUT2D eigenvalue weighted by Crippen LogP contribution is -2.58. The van der Waals surface area contributed by atoms with Crippen LogP contribution in [0, 0.1) is 11.8 Å². The van der Waals surface area contributed by atoms with Gasteiger partial charge in [0.2, 0.25) is 0 Å². The Bertz CT molecular complexity index is 835. The highest BCUT2D eigenvalue weighted by atomic mass is 35.6. The molecule has 1 fully saturated rings. The van der Waals surface area contributed by atoms with Crippen LogP contribution in [0.2, 0.25) is 0 Å². The van der Waals surface area contributed by atoms with Crippen molar-refractivity contribution in [1.82, 2.24) is 5.32 Å². The van der Waals surface area contributed by atoms with E-state index in [1.165, 1.54) is 0 Å². The standard InChI is InChI=1S/C23H26Cl3NO3S/c1-15-16(2)20(27-22(28)23(24,25)26)21(31-18-11-7-4-8-12-18)30-19(15)14-29-13-17-9-5-3-6-10-17/h3-12,15-16,19-21H,13-14H2,1-2H3,(H,27,28). The number of halogens is 3. The summed E-state index contributed by atoms with van der Waals surface area (Å²) < 4.78 is 10.4. The second-order valence-corrected chi connectivity index (χ2v) is 11.1. The van der Waals surface area contributed by atoms with E-state index in [-0.39, 0.29) is 29.4 Å². The summed E-state index contributed by atoms with van der Waals surface area (Å²) >= 11 is 18.9. The number of carbonyl (C=O) groups excluding carboxylic acids is 1. The number of thioether (sulfide) groups is 1. The van der Waals surface area contributed by atoms with Gasteiger partial charge in [0.25, 0.3) is 9.70 Å². The second kappa shape index (κ2) is 11.3. The first kappa shape index (κ1) is 24.7. The number of hydrogen-bond donors (Lipinski definition) is 1. The fraction of sp³-hybridized carbons (Fsp3) is 0.435. The largest absolute Gasteiger partial charge is 0.374 e. The monoisotopic (exact) mass is 501 g/mol. The molecule has 1 amide bonds. The molecule has 1 saturated heterocycles. The Labute approximate surface area is 202 Å². The summed E-state index contributed by atoms with van der Waals surface area (Å²) in [4.78, 5) is 13.4. The number of rotatable bonds is 7. The molecule has 0 aliphatic carbocycles. The number of alkyl halides is 3. The van der Waals surface area contributed by atoms with Crippen molar-refractivity contribution in [3.8, 4) is 0 Å². The van der Waals surface area contributed by atoms with Gasteiger partial charge in [0.05, 0.1) is 25.4 Å². The third kappa shape index (κ3) is 7.01. The number of hydrogen-bond acceptors (Lipinski definition) is 4. The van der Waals surface area contributed by atoms with Crippen LogP contribution >= 0.6 is 46.6 Å². The van der Waals surface area contributed by atoms with Crippen molar-refractivity contribution >= 4 is 52.5 Å². The third-order valence-electron chi connectivity index (χ3n) is 5.53. The van der Waals surface area contributed by atoms with Crippen LogP contribution in [0.25, 0.3) is 0 Å². The molecule has 4 nitrogen and oxygen atoms in total. The lowest BCUT2D eigenvalue weighted by atomic mass is 9.83. The average Bonchev–Trinajstić information content (AvgIpc) is 2.75. The van der Waals surface area contributed by atoms with Gasteiger partial charge < -0.3 is 14.8 Å². The minimum absolute atomic E-state index is 0.0802. The van der Waals surface area contributed by atoms with Crippen molar-refractivity contribution in [2.45, 2.75) is 46.7 Å². The molecule has 8 heteroatoms. The van der Waals surface area contributed by atoms with Gasteiger partial charge in [0, 0.05) is 4.90 Å². The summed E-state index contributed by atoms with van der Waals surface area (Å²) in [5.41, 5.74) is 0.761. The maximum Gasteiger partial charge on any atom is 0.272 e. The molecule has 0 radical (unpaired) electrons. The number of amides is 1. The van der Waals surface area contributed by atoms with Crippen molar-refractivity contribution in [1.29, 1.82) is 0 Å². The summed E-state index contributed by atoms with van der Waals surface area (Å²) in [7, 11) is 0. The first-order valence-electron chi connectivity index (χ1n) is 10.1. The van der Waals surface area contributed by atoms with Gasteiger partial charge in [-0.05, 0) is 29.5 Å². The minimum Gasteiger partial charge on any atom is -0.374 e.